The number of nitrogens with zero attached hydrogens (tertiary/aromatic N) is 2. The van der Waals surface area contributed by atoms with Crippen LogP contribution in [0.25, 0.3) is 11.3 Å². The smallest absolute Gasteiger partial charge is 0.280 e. The predicted molar refractivity (Wildman–Crippen MR) is 79.8 cm³/mol. The molecule has 0 amide bonds. The van der Waals surface area contributed by atoms with Crippen molar-refractivity contribution in [2.75, 3.05) is 18.5 Å². The van der Waals surface area contributed by atoms with Gasteiger partial charge in [-0.05, 0) is 43.2 Å². The highest BCUT2D eigenvalue weighted by molar-refractivity contribution is 5.60. The lowest BCUT2D eigenvalue weighted by molar-refractivity contribution is 0.120. The van der Waals surface area contributed by atoms with Gasteiger partial charge in [0.1, 0.15) is 11.5 Å². The van der Waals surface area contributed by atoms with Gasteiger partial charge in [0.25, 0.3) is 6.43 Å². The molecule has 1 fully saturated rings. The van der Waals surface area contributed by atoms with Crippen LogP contribution in [-0.4, -0.2) is 29.2 Å². The maximum Gasteiger partial charge on any atom is 0.280 e. The molecule has 1 atom stereocenters. The summed E-state index contributed by atoms with van der Waals surface area (Å²) >= 11 is 0. The Hall–Kier alpha value is -2.15. The summed E-state index contributed by atoms with van der Waals surface area (Å²) in [6.45, 7) is 1.18. The second-order valence-electron chi connectivity index (χ2n) is 5.33. The van der Waals surface area contributed by atoms with Crippen molar-refractivity contribution in [2.45, 2.75) is 25.4 Å². The molecule has 1 saturated heterocycles. The average molecular weight is 323 g/mol. The van der Waals surface area contributed by atoms with Crippen molar-refractivity contribution in [3.63, 3.8) is 0 Å². The Morgan fingerprint density at radius 1 is 1.22 bits per heavy atom. The number of nitrogens with one attached hydrogen (secondary N) is 1. The second kappa shape index (κ2) is 6.95. The SMILES string of the molecule is Fc1ccc(-c2cc(C(F)F)nc(NCC3CCCO3)n2)cc1. The zero-order valence-electron chi connectivity index (χ0n) is 12.3. The fourth-order valence-corrected chi connectivity index (χ4v) is 2.44. The zero-order valence-corrected chi connectivity index (χ0v) is 12.3. The number of anilines is 1. The molecule has 0 aliphatic carbocycles. The van der Waals surface area contributed by atoms with Gasteiger partial charge < -0.3 is 10.1 Å². The van der Waals surface area contributed by atoms with Gasteiger partial charge in [0.05, 0.1) is 11.8 Å². The Morgan fingerprint density at radius 3 is 2.65 bits per heavy atom. The Balaban J connectivity index is 1.84. The average Bonchev–Trinajstić information content (AvgIpc) is 3.07. The van der Waals surface area contributed by atoms with E-state index in [-0.39, 0.29) is 17.7 Å². The molecular weight excluding hydrogens is 307 g/mol. The molecule has 2 aromatic rings. The Bertz CT molecular complexity index is 658. The molecular formula is C16H16F3N3O. The Morgan fingerprint density at radius 2 is 2.00 bits per heavy atom. The van der Waals surface area contributed by atoms with E-state index in [1.54, 1.807) is 0 Å². The summed E-state index contributed by atoms with van der Waals surface area (Å²) in [6.07, 6.45) is -0.749. The van der Waals surface area contributed by atoms with E-state index in [4.69, 9.17) is 4.74 Å². The molecule has 0 spiro atoms. The lowest BCUT2D eigenvalue weighted by atomic mass is 10.1. The minimum Gasteiger partial charge on any atom is -0.376 e. The van der Waals surface area contributed by atoms with E-state index in [1.165, 1.54) is 30.3 Å². The molecule has 1 aliphatic heterocycles. The lowest BCUT2D eigenvalue weighted by Gasteiger charge is -2.13. The third-order valence-electron chi connectivity index (χ3n) is 3.62. The number of rotatable bonds is 5. The largest absolute Gasteiger partial charge is 0.376 e. The number of hydrogen-bond acceptors (Lipinski definition) is 4. The zero-order chi connectivity index (χ0) is 16.2. The lowest BCUT2D eigenvalue weighted by Crippen LogP contribution is -2.20. The maximum absolute atomic E-state index is 13.0. The van der Waals surface area contributed by atoms with Gasteiger partial charge >= 0.3 is 0 Å². The van der Waals surface area contributed by atoms with Crippen LogP contribution in [0.3, 0.4) is 0 Å². The van der Waals surface area contributed by atoms with Gasteiger partial charge in [-0.3, -0.25) is 0 Å². The standard InChI is InChI=1S/C16H16F3N3O/c17-11-5-3-10(4-6-11)13-8-14(15(18)19)22-16(21-13)20-9-12-2-1-7-23-12/h3-6,8,12,15H,1-2,7,9H2,(H,20,21,22). The Kier molecular flexibility index (Phi) is 4.76. The number of hydrogen-bond donors (Lipinski definition) is 1. The maximum atomic E-state index is 13.0. The van der Waals surface area contributed by atoms with E-state index in [1.807, 2.05) is 0 Å². The summed E-state index contributed by atoms with van der Waals surface area (Å²) < 4.78 is 44.6. The molecule has 122 valence electrons. The molecule has 1 aliphatic rings. The molecule has 0 saturated carbocycles. The molecule has 4 nitrogen and oxygen atoms in total. The van der Waals surface area contributed by atoms with Crippen LogP contribution in [0.5, 0.6) is 0 Å². The monoisotopic (exact) mass is 323 g/mol. The van der Waals surface area contributed by atoms with Crippen LogP contribution < -0.4 is 5.32 Å². The molecule has 1 N–H and O–H groups in total. The first-order valence-electron chi connectivity index (χ1n) is 7.40. The molecule has 23 heavy (non-hydrogen) atoms. The highest BCUT2D eigenvalue weighted by Crippen LogP contribution is 2.25. The third kappa shape index (κ3) is 3.98. The van der Waals surface area contributed by atoms with Crippen LogP contribution in [-0.2, 0) is 4.74 Å². The first-order chi connectivity index (χ1) is 11.1. The summed E-state index contributed by atoms with van der Waals surface area (Å²) in [7, 11) is 0. The van der Waals surface area contributed by atoms with Gasteiger partial charge in [-0.15, -0.1) is 0 Å². The van der Waals surface area contributed by atoms with Crippen LogP contribution in [0.4, 0.5) is 19.1 Å². The van der Waals surface area contributed by atoms with Gasteiger partial charge in [-0.1, -0.05) is 0 Å². The third-order valence-corrected chi connectivity index (χ3v) is 3.62. The molecule has 1 unspecified atom stereocenters. The van der Waals surface area contributed by atoms with Crippen molar-refractivity contribution in [3.8, 4) is 11.3 Å². The predicted octanol–water partition coefficient (Wildman–Crippen LogP) is 3.81. The molecule has 2 heterocycles. The van der Waals surface area contributed by atoms with Gasteiger partial charge in [-0.25, -0.2) is 23.1 Å². The summed E-state index contributed by atoms with van der Waals surface area (Å²) in [5.74, 6) is -0.272. The van der Waals surface area contributed by atoms with Crippen molar-refractivity contribution < 1.29 is 17.9 Å². The van der Waals surface area contributed by atoms with Gasteiger partial charge in [0.15, 0.2) is 0 Å². The van der Waals surface area contributed by atoms with Crippen LogP contribution in [0, 0.1) is 5.82 Å². The van der Waals surface area contributed by atoms with E-state index >= 15 is 0 Å². The van der Waals surface area contributed by atoms with E-state index in [0.717, 1.165) is 12.8 Å². The first kappa shape index (κ1) is 15.7. The summed E-state index contributed by atoms with van der Waals surface area (Å²) in [5, 5.41) is 2.95. The topological polar surface area (TPSA) is 47.0 Å². The van der Waals surface area contributed by atoms with Crippen LogP contribution in [0.1, 0.15) is 25.0 Å². The summed E-state index contributed by atoms with van der Waals surface area (Å²) in [4.78, 5) is 8.08. The molecule has 1 aromatic carbocycles. The molecule has 0 bridgehead atoms. The highest BCUT2D eigenvalue weighted by atomic mass is 19.3. The number of benzene rings is 1. The fraction of sp³-hybridized carbons (Fsp3) is 0.375. The fourth-order valence-electron chi connectivity index (χ4n) is 2.44. The van der Waals surface area contributed by atoms with E-state index in [2.05, 4.69) is 15.3 Å². The molecule has 0 radical (unpaired) electrons. The number of halogens is 3. The minimum atomic E-state index is -2.71. The van der Waals surface area contributed by atoms with E-state index in [9.17, 15) is 13.2 Å². The summed E-state index contributed by atoms with van der Waals surface area (Å²) in [5.41, 5.74) is 0.509. The van der Waals surface area contributed by atoms with Crippen molar-refractivity contribution in [1.29, 1.82) is 0 Å². The number of aromatic nitrogens is 2. The normalized spacial score (nSPS) is 17.7. The van der Waals surface area contributed by atoms with Crippen LogP contribution in [0.2, 0.25) is 0 Å². The number of ether oxygens (including phenoxy) is 1. The van der Waals surface area contributed by atoms with Crippen LogP contribution >= 0.6 is 0 Å². The minimum absolute atomic E-state index is 0.0445. The van der Waals surface area contributed by atoms with Gasteiger partial charge in [0, 0.05) is 18.7 Å². The van der Waals surface area contributed by atoms with Gasteiger partial charge in [-0.2, -0.15) is 0 Å². The number of alkyl halides is 2. The second-order valence-corrected chi connectivity index (χ2v) is 5.33. The molecule has 3 rings (SSSR count). The molecule has 1 aromatic heterocycles. The van der Waals surface area contributed by atoms with Crippen molar-refractivity contribution in [2.24, 2.45) is 0 Å². The van der Waals surface area contributed by atoms with E-state index in [0.29, 0.717) is 24.4 Å². The van der Waals surface area contributed by atoms with E-state index < -0.39 is 12.2 Å². The van der Waals surface area contributed by atoms with Crippen LogP contribution in [0.15, 0.2) is 30.3 Å². The summed E-state index contributed by atoms with van der Waals surface area (Å²) in [6, 6.07) is 6.74. The Labute approximate surface area is 131 Å². The highest BCUT2D eigenvalue weighted by Gasteiger charge is 2.17. The first-order valence-corrected chi connectivity index (χ1v) is 7.40. The quantitative estimate of drug-likeness (QED) is 0.909. The van der Waals surface area contributed by atoms with Crippen molar-refractivity contribution in [3.05, 3.63) is 41.8 Å². The molecule has 7 heteroatoms. The van der Waals surface area contributed by atoms with Crippen molar-refractivity contribution >= 4 is 5.95 Å². The van der Waals surface area contributed by atoms with Crippen molar-refractivity contribution in [1.82, 2.24) is 9.97 Å². The van der Waals surface area contributed by atoms with Gasteiger partial charge in [0.2, 0.25) is 5.95 Å².